The third-order valence-corrected chi connectivity index (χ3v) is 7.21. The van der Waals surface area contributed by atoms with Crippen LogP contribution in [0.2, 0.25) is 0 Å². The van der Waals surface area contributed by atoms with Gasteiger partial charge in [0.25, 0.3) is 0 Å². The maximum atomic E-state index is 10.8. The van der Waals surface area contributed by atoms with E-state index in [0.29, 0.717) is 37.6 Å². The Labute approximate surface area is 322 Å². The van der Waals surface area contributed by atoms with Gasteiger partial charge < -0.3 is 33.2 Å². The summed E-state index contributed by atoms with van der Waals surface area (Å²) in [6, 6.07) is 10.2. The van der Waals surface area contributed by atoms with Crippen LogP contribution in [0, 0.1) is 0 Å². The molecule has 0 spiro atoms. The third-order valence-electron chi connectivity index (χ3n) is 7.21. The van der Waals surface area contributed by atoms with Gasteiger partial charge in [-0.05, 0) is 112 Å². The molecule has 302 valence electrons. The number of benzene rings is 1. The minimum absolute atomic E-state index is 0.386. The van der Waals surface area contributed by atoms with E-state index in [0.717, 1.165) is 45.2 Å². The lowest BCUT2D eigenvalue weighted by Crippen LogP contribution is -2.18. The summed E-state index contributed by atoms with van der Waals surface area (Å²) in [6.07, 6.45) is 13.7. The van der Waals surface area contributed by atoms with E-state index in [1.807, 2.05) is 45.0 Å². The first-order chi connectivity index (χ1) is 25.3. The van der Waals surface area contributed by atoms with E-state index in [1.165, 1.54) is 55.2 Å². The molecule has 2 aliphatic rings. The number of ether oxygens (including phenoxy) is 7. The van der Waals surface area contributed by atoms with Crippen LogP contribution in [0.5, 0.6) is 0 Å². The van der Waals surface area contributed by atoms with Crippen molar-refractivity contribution in [2.75, 3.05) is 33.0 Å². The normalized spacial score (nSPS) is 17.0. The Morgan fingerprint density at radius 2 is 1.36 bits per heavy atom. The van der Waals surface area contributed by atoms with Crippen LogP contribution in [0.15, 0.2) is 92.1 Å². The average Bonchev–Trinajstić information content (AvgIpc) is 3.12. The van der Waals surface area contributed by atoms with Gasteiger partial charge in [-0.3, -0.25) is 0 Å². The van der Waals surface area contributed by atoms with Crippen molar-refractivity contribution < 1.29 is 42.7 Å². The Hall–Kier alpha value is -3.34. The van der Waals surface area contributed by atoms with Crippen molar-refractivity contribution in [2.45, 2.75) is 138 Å². The highest BCUT2D eigenvalue weighted by atomic mass is 16.7. The van der Waals surface area contributed by atoms with Gasteiger partial charge in [-0.25, -0.2) is 9.59 Å². The van der Waals surface area contributed by atoms with Crippen molar-refractivity contribution in [3.8, 4) is 0 Å². The molecule has 2 aliphatic heterocycles. The lowest BCUT2D eigenvalue weighted by atomic mass is 10.0. The van der Waals surface area contributed by atoms with Crippen molar-refractivity contribution >= 4 is 11.9 Å². The maximum Gasteiger partial charge on any atom is 0.335 e. The summed E-state index contributed by atoms with van der Waals surface area (Å²) in [4.78, 5) is 21.3. The molecular formula is C44H72O9. The standard InChI is InChI=1S/C12H16O.C9H16O.C8H14O3.C8H14O.C7H12O3/c1-11(2)8-9-13-10-12-6-4-3-5-7-12;1-8(2)7-9-5-3-4-6-10-9;1-5-10-7(4)11-8(9)6(2)3;1-2-5-8-6-3-4-7-9-8;1-4-7(8)10-6(3)9-5-2/h3-7H,1,8-10H2,2H3;9H,1,3-7H2,2H3;7H,2,5H2,1,3-4H3;2,8H,1,3-7H2;4,6H,1,5H2,2-3H3. The van der Waals surface area contributed by atoms with Gasteiger partial charge in [0.2, 0.25) is 0 Å². The van der Waals surface area contributed by atoms with Gasteiger partial charge in [0, 0.05) is 38.1 Å². The topological polar surface area (TPSA) is 98.8 Å². The van der Waals surface area contributed by atoms with E-state index >= 15 is 0 Å². The molecule has 2 saturated heterocycles. The molecule has 2 fully saturated rings. The molecule has 0 bridgehead atoms. The fraction of sp³-hybridized carbons (Fsp3) is 0.591. The van der Waals surface area contributed by atoms with E-state index in [9.17, 15) is 9.59 Å². The fourth-order valence-corrected chi connectivity index (χ4v) is 4.55. The minimum Gasteiger partial charge on any atom is -0.433 e. The van der Waals surface area contributed by atoms with E-state index in [1.54, 1.807) is 20.8 Å². The van der Waals surface area contributed by atoms with Crippen LogP contribution in [-0.2, 0) is 49.4 Å². The first-order valence-corrected chi connectivity index (χ1v) is 19.0. The number of carbonyl (C=O) groups excluding carboxylic acids is 2. The van der Waals surface area contributed by atoms with Gasteiger partial charge in [-0.1, -0.05) is 60.7 Å². The van der Waals surface area contributed by atoms with Crippen molar-refractivity contribution in [3.05, 3.63) is 97.7 Å². The molecule has 4 atom stereocenters. The molecule has 1 aromatic rings. The lowest BCUT2D eigenvalue weighted by molar-refractivity contribution is -0.169. The lowest BCUT2D eigenvalue weighted by Gasteiger charge is -2.22. The van der Waals surface area contributed by atoms with Crippen LogP contribution >= 0.6 is 0 Å². The first kappa shape index (κ1) is 51.8. The van der Waals surface area contributed by atoms with Crippen molar-refractivity contribution in [1.82, 2.24) is 0 Å². The van der Waals surface area contributed by atoms with E-state index in [2.05, 4.69) is 56.7 Å². The summed E-state index contributed by atoms with van der Waals surface area (Å²) < 4.78 is 35.8. The van der Waals surface area contributed by atoms with Crippen molar-refractivity contribution in [1.29, 1.82) is 0 Å². The third kappa shape index (κ3) is 35.5. The quantitative estimate of drug-likeness (QED) is 0.0507. The van der Waals surface area contributed by atoms with Crippen molar-refractivity contribution in [3.63, 3.8) is 0 Å². The zero-order valence-electron chi connectivity index (χ0n) is 34.2. The van der Waals surface area contributed by atoms with Crippen LogP contribution in [0.4, 0.5) is 0 Å². The number of carbonyl (C=O) groups is 2. The molecule has 0 amide bonds. The first-order valence-electron chi connectivity index (χ1n) is 19.0. The fourth-order valence-electron chi connectivity index (χ4n) is 4.55. The van der Waals surface area contributed by atoms with Crippen LogP contribution in [0.25, 0.3) is 0 Å². The van der Waals surface area contributed by atoms with Gasteiger partial charge in [0.05, 0.1) is 25.4 Å². The Morgan fingerprint density at radius 1 is 0.811 bits per heavy atom. The van der Waals surface area contributed by atoms with Gasteiger partial charge in [-0.2, -0.15) is 0 Å². The summed E-state index contributed by atoms with van der Waals surface area (Å²) in [7, 11) is 0. The second-order valence-corrected chi connectivity index (χ2v) is 12.8. The predicted molar refractivity (Wildman–Crippen MR) is 216 cm³/mol. The van der Waals surface area contributed by atoms with Crippen LogP contribution in [0.1, 0.15) is 112 Å². The molecule has 0 radical (unpaired) electrons. The summed E-state index contributed by atoms with van der Waals surface area (Å²) in [5.41, 5.74) is 4.03. The molecule has 0 aliphatic carbocycles. The molecule has 53 heavy (non-hydrogen) atoms. The number of hydrogen-bond acceptors (Lipinski definition) is 9. The Kier molecular flexibility index (Phi) is 34.8. The van der Waals surface area contributed by atoms with Crippen LogP contribution < -0.4 is 0 Å². The molecular weight excluding hydrogens is 672 g/mol. The van der Waals surface area contributed by atoms with E-state index in [-0.39, 0.29) is 0 Å². The monoisotopic (exact) mass is 745 g/mol. The molecule has 0 aromatic heterocycles. The summed E-state index contributed by atoms with van der Waals surface area (Å²) in [5.74, 6) is -0.869. The van der Waals surface area contributed by atoms with Gasteiger partial charge >= 0.3 is 11.9 Å². The smallest absolute Gasteiger partial charge is 0.335 e. The molecule has 0 N–H and O–H groups in total. The van der Waals surface area contributed by atoms with Gasteiger partial charge in [-0.15, -0.1) is 19.7 Å². The van der Waals surface area contributed by atoms with Crippen LogP contribution in [0.3, 0.4) is 0 Å². The van der Waals surface area contributed by atoms with E-state index in [4.69, 9.17) is 28.4 Å². The SMILES string of the molecule is C=C(C)C(=O)OC(C)OCC.C=C(C)CC1CCCCO1.C=C(C)CCOCc1ccccc1.C=CC(=O)OC(C)OCC.C=CCC1CCCCO1. The summed E-state index contributed by atoms with van der Waals surface area (Å²) in [6.45, 7) is 35.2. The Bertz CT molecular complexity index is 1120. The largest absolute Gasteiger partial charge is 0.433 e. The molecule has 1 aromatic carbocycles. The zero-order chi connectivity index (χ0) is 40.3. The number of hydrogen-bond donors (Lipinski definition) is 0. The van der Waals surface area contributed by atoms with Crippen LogP contribution in [-0.4, -0.2) is 69.8 Å². The minimum atomic E-state index is -0.482. The molecule has 4 unspecified atom stereocenters. The molecule has 9 nitrogen and oxygen atoms in total. The molecule has 2 heterocycles. The maximum absolute atomic E-state index is 10.8. The number of esters is 2. The highest BCUT2D eigenvalue weighted by Crippen LogP contribution is 2.18. The Morgan fingerprint density at radius 3 is 1.79 bits per heavy atom. The van der Waals surface area contributed by atoms with Gasteiger partial charge in [0.15, 0.2) is 12.6 Å². The molecule has 9 heteroatoms. The van der Waals surface area contributed by atoms with Crippen molar-refractivity contribution in [2.24, 2.45) is 0 Å². The number of rotatable bonds is 17. The second-order valence-electron chi connectivity index (χ2n) is 12.8. The zero-order valence-corrected chi connectivity index (χ0v) is 34.2. The average molecular weight is 745 g/mol. The Balaban J connectivity index is 0. The highest BCUT2D eigenvalue weighted by Gasteiger charge is 2.13. The molecule has 3 rings (SSSR count). The second kappa shape index (κ2) is 35.7. The summed E-state index contributed by atoms with van der Waals surface area (Å²) in [5, 5.41) is 0. The van der Waals surface area contributed by atoms with E-state index < -0.39 is 24.5 Å². The van der Waals surface area contributed by atoms with Gasteiger partial charge in [0.1, 0.15) is 0 Å². The summed E-state index contributed by atoms with van der Waals surface area (Å²) >= 11 is 0. The predicted octanol–water partition coefficient (Wildman–Crippen LogP) is 10.4. The highest BCUT2D eigenvalue weighted by molar-refractivity contribution is 5.87. The molecule has 0 saturated carbocycles.